The Balaban J connectivity index is 2.19. The molecule has 3 rings (SSSR count). The van der Waals surface area contributed by atoms with E-state index in [-0.39, 0.29) is 5.56 Å². The molecule has 88 valence electrons. The van der Waals surface area contributed by atoms with Crippen molar-refractivity contribution < 1.29 is 9.90 Å². The van der Waals surface area contributed by atoms with Gasteiger partial charge < -0.3 is 5.11 Å². The maximum absolute atomic E-state index is 10.9. The van der Waals surface area contributed by atoms with Gasteiger partial charge in [-0.25, -0.2) is 9.78 Å². The second-order valence-electron chi connectivity index (χ2n) is 3.83. The third-order valence-electron chi connectivity index (χ3n) is 2.72. The van der Waals surface area contributed by atoms with Crippen LogP contribution in [0, 0.1) is 0 Å². The number of carboxylic acids is 1. The average molecular weight is 239 g/mol. The number of fused-ring (bicyclic) bond motifs is 1. The predicted octanol–water partition coefficient (Wildman–Crippen LogP) is 2.12. The van der Waals surface area contributed by atoms with Gasteiger partial charge in [-0.15, -0.1) is 0 Å². The summed E-state index contributed by atoms with van der Waals surface area (Å²) < 4.78 is 1.87. The molecule has 1 aromatic carbocycles. The molecule has 0 bridgehead atoms. The van der Waals surface area contributed by atoms with Gasteiger partial charge in [0.15, 0.2) is 0 Å². The van der Waals surface area contributed by atoms with Gasteiger partial charge in [-0.3, -0.25) is 9.55 Å². The van der Waals surface area contributed by atoms with E-state index >= 15 is 0 Å². The van der Waals surface area contributed by atoms with Crippen LogP contribution in [0.1, 0.15) is 10.4 Å². The zero-order chi connectivity index (χ0) is 12.5. The van der Waals surface area contributed by atoms with Crippen LogP contribution in [-0.4, -0.2) is 25.6 Å². The van der Waals surface area contributed by atoms with Crippen LogP contribution in [0.15, 0.2) is 49.1 Å². The van der Waals surface area contributed by atoms with Crippen molar-refractivity contribution in [1.29, 1.82) is 0 Å². The number of hydrogen-bond donors (Lipinski definition) is 1. The summed E-state index contributed by atoms with van der Waals surface area (Å²) >= 11 is 0. The molecular formula is C13H9N3O2. The Morgan fingerprint density at radius 2 is 2.17 bits per heavy atom. The number of hydrogen-bond acceptors (Lipinski definition) is 3. The highest BCUT2D eigenvalue weighted by Crippen LogP contribution is 2.18. The fraction of sp³-hybridized carbons (Fsp3) is 0. The third-order valence-corrected chi connectivity index (χ3v) is 2.72. The number of carboxylic acid groups (broad SMARTS) is 1. The number of rotatable bonds is 2. The molecule has 0 unspecified atom stereocenters. The fourth-order valence-electron chi connectivity index (χ4n) is 1.85. The van der Waals surface area contributed by atoms with Crippen molar-refractivity contribution >= 4 is 17.0 Å². The molecule has 0 aliphatic rings. The molecule has 5 nitrogen and oxygen atoms in total. The second kappa shape index (κ2) is 3.96. The highest BCUT2D eigenvalue weighted by molar-refractivity contribution is 5.92. The minimum atomic E-state index is -0.951. The molecule has 5 heteroatoms. The topological polar surface area (TPSA) is 68.0 Å². The SMILES string of the molecule is O=C(O)c1ccc2c(c1)ncn2-c1cccnc1. The number of benzene rings is 1. The number of carbonyl (C=O) groups is 1. The lowest BCUT2D eigenvalue weighted by atomic mass is 10.2. The molecule has 1 N–H and O–H groups in total. The van der Waals surface area contributed by atoms with Crippen LogP contribution >= 0.6 is 0 Å². The molecule has 0 aliphatic heterocycles. The monoisotopic (exact) mass is 239 g/mol. The lowest BCUT2D eigenvalue weighted by Gasteiger charge is -2.03. The van der Waals surface area contributed by atoms with E-state index in [1.807, 2.05) is 16.7 Å². The summed E-state index contributed by atoms with van der Waals surface area (Å²) in [6, 6.07) is 8.63. The van der Waals surface area contributed by atoms with Crippen molar-refractivity contribution in [1.82, 2.24) is 14.5 Å². The van der Waals surface area contributed by atoms with E-state index in [0.29, 0.717) is 5.52 Å². The standard InChI is InChI=1S/C13H9N3O2/c17-13(18)9-3-4-12-11(6-9)15-8-16(12)10-2-1-5-14-7-10/h1-8H,(H,17,18). The molecule has 0 atom stereocenters. The zero-order valence-electron chi connectivity index (χ0n) is 9.32. The van der Waals surface area contributed by atoms with Crippen molar-refractivity contribution in [3.63, 3.8) is 0 Å². The summed E-state index contributed by atoms with van der Waals surface area (Å²) in [6.45, 7) is 0. The second-order valence-corrected chi connectivity index (χ2v) is 3.83. The summed E-state index contributed by atoms with van der Waals surface area (Å²) in [4.78, 5) is 19.1. The maximum atomic E-state index is 10.9. The minimum absolute atomic E-state index is 0.235. The van der Waals surface area contributed by atoms with Crippen LogP contribution in [0.25, 0.3) is 16.7 Å². The first-order valence-corrected chi connectivity index (χ1v) is 5.36. The number of nitrogens with zero attached hydrogens (tertiary/aromatic N) is 3. The Kier molecular flexibility index (Phi) is 2.30. The van der Waals surface area contributed by atoms with Crippen LogP contribution in [0.5, 0.6) is 0 Å². The normalized spacial score (nSPS) is 10.7. The first-order valence-electron chi connectivity index (χ1n) is 5.36. The molecule has 0 saturated heterocycles. The third kappa shape index (κ3) is 1.62. The lowest BCUT2D eigenvalue weighted by molar-refractivity contribution is 0.0697. The quantitative estimate of drug-likeness (QED) is 0.743. The Bertz CT molecular complexity index is 719. The highest BCUT2D eigenvalue weighted by atomic mass is 16.4. The maximum Gasteiger partial charge on any atom is 0.335 e. The van der Waals surface area contributed by atoms with E-state index in [1.165, 1.54) is 0 Å². The summed E-state index contributed by atoms with van der Waals surface area (Å²) in [5, 5.41) is 8.92. The number of imidazole rings is 1. The molecule has 3 aromatic rings. The van der Waals surface area contributed by atoms with Crippen LogP contribution in [0.2, 0.25) is 0 Å². The van der Waals surface area contributed by atoms with Gasteiger partial charge in [-0.1, -0.05) is 0 Å². The molecule has 0 spiro atoms. The van der Waals surface area contributed by atoms with Crippen molar-refractivity contribution in [2.75, 3.05) is 0 Å². The molecule has 0 aliphatic carbocycles. The van der Waals surface area contributed by atoms with Crippen molar-refractivity contribution in [2.45, 2.75) is 0 Å². The Labute approximate surface area is 102 Å². The van der Waals surface area contributed by atoms with Crippen LogP contribution in [0.3, 0.4) is 0 Å². The molecule has 2 aromatic heterocycles. The number of aromatic carboxylic acids is 1. The number of aromatic nitrogens is 3. The van der Waals surface area contributed by atoms with Gasteiger partial charge in [0, 0.05) is 6.20 Å². The Morgan fingerprint density at radius 1 is 1.28 bits per heavy atom. The van der Waals surface area contributed by atoms with Crippen molar-refractivity contribution in [3.8, 4) is 5.69 Å². The fourth-order valence-corrected chi connectivity index (χ4v) is 1.85. The Hall–Kier alpha value is -2.69. The van der Waals surface area contributed by atoms with Crippen molar-refractivity contribution in [2.24, 2.45) is 0 Å². The van der Waals surface area contributed by atoms with Gasteiger partial charge >= 0.3 is 5.97 Å². The first-order chi connectivity index (χ1) is 8.75. The van der Waals surface area contributed by atoms with Crippen LogP contribution in [0.4, 0.5) is 0 Å². The Morgan fingerprint density at radius 3 is 2.89 bits per heavy atom. The van der Waals surface area contributed by atoms with E-state index in [0.717, 1.165) is 11.2 Å². The summed E-state index contributed by atoms with van der Waals surface area (Å²) in [6.07, 6.45) is 5.09. The average Bonchev–Trinajstić information content (AvgIpc) is 2.82. The van der Waals surface area contributed by atoms with Gasteiger partial charge in [-0.2, -0.15) is 0 Å². The first kappa shape index (κ1) is 10.5. The molecular weight excluding hydrogens is 230 g/mol. The molecule has 0 amide bonds. The van der Waals surface area contributed by atoms with Gasteiger partial charge in [0.2, 0.25) is 0 Å². The van der Waals surface area contributed by atoms with E-state index in [9.17, 15) is 4.79 Å². The largest absolute Gasteiger partial charge is 0.478 e. The summed E-state index contributed by atoms with van der Waals surface area (Å²) in [7, 11) is 0. The van der Waals surface area contributed by atoms with Gasteiger partial charge in [0.1, 0.15) is 6.33 Å². The molecule has 0 saturated carbocycles. The number of pyridine rings is 1. The molecule has 18 heavy (non-hydrogen) atoms. The lowest BCUT2D eigenvalue weighted by Crippen LogP contribution is -1.96. The molecule has 0 radical (unpaired) electrons. The minimum Gasteiger partial charge on any atom is -0.478 e. The predicted molar refractivity (Wildman–Crippen MR) is 65.8 cm³/mol. The smallest absolute Gasteiger partial charge is 0.335 e. The van der Waals surface area contributed by atoms with Crippen LogP contribution in [-0.2, 0) is 0 Å². The van der Waals surface area contributed by atoms with E-state index < -0.39 is 5.97 Å². The van der Waals surface area contributed by atoms with Crippen LogP contribution < -0.4 is 0 Å². The van der Waals surface area contributed by atoms with E-state index in [1.54, 1.807) is 36.9 Å². The van der Waals surface area contributed by atoms with E-state index in [2.05, 4.69) is 9.97 Å². The molecule has 2 heterocycles. The summed E-state index contributed by atoms with van der Waals surface area (Å²) in [5.74, 6) is -0.951. The van der Waals surface area contributed by atoms with Gasteiger partial charge in [0.05, 0.1) is 28.5 Å². The summed E-state index contributed by atoms with van der Waals surface area (Å²) in [5.41, 5.74) is 2.63. The molecule has 0 fully saturated rings. The highest BCUT2D eigenvalue weighted by Gasteiger charge is 2.08. The van der Waals surface area contributed by atoms with Gasteiger partial charge in [-0.05, 0) is 30.3 Å². The van der Waals surface area contributed by atoms with Gasteiger partial charge in [0.25, 0.3) is 0 Å². The van der Waals surface area contributed by atoms with Crippen molar-refractivity contribution in [3.05, 3.63) is 54.6 Å². The van der Waals surface area contributed by atoms with E-state index in [4.69, 9.17) is 5.11 Å². The zero-order valence-corrected chi connectivity index (χ0v) is 9.32.